The van der Waals surface area contributed by atoms with Crippen molar-refractivity contribution in [1.29, 1.82) is 0 Å². The fraction of sp³-hybridized carbons (Fsp3) is 0.368. The third kappa shape index (κ3) is 9.67. The molecule has 0 saturated heterocycles. The average Bonchev–Trinajstić information content (AvgIpc) is 3.10. The van der Waals surface area contributed by atoms with Crippen molar-refractivity contribution in [2.75, 3.05) is 26.4 Å². The van der Waals surface area contributed by atoms with Gasteiger partial charge in [-0.1, -0.05) is 48.5 Å². The van der Waals surface area contributed by atoms with Gasteiger partial charge in [-0.2, -0.15) is 0 Å². The Morgan fingerprint density at radius 1 is 0.583 bits per heavy atom. The van der Waals surface area contributed by atoms with E-state index < -0.39 is 11.1 Å². The van der Waals surface area contributed by atoms with Gasteiger partial charge in [0.05, 0.1) is 46.5 Å². The molecule has 0 heterocycles. The highest BCUT2D eigenvalue weighted by Gasteiger charge is 2.22. The van der Waals surface area contributed by atoms with Gasteiger partial charge in [0.2, 0.25) is 0 Å². The van der Waals surface area contributed by atoms with Crippen molar-refractivity contribution in [3.05, 3.63) is 115 Å². The lowest BCUT2D eigenvalue weighted by atomic mass is 9.92. The summed E-state index contributed by atoms with van der Waals surface area (Å²) in [6, 6.07) is 24.3. The van der Waals surface area contributed by atoms with Crippen LogP contribution in [0.5, 0.6) is 11.5 Å². The van der Waals surface area contributed by atoms with Crippen molar-refractivity contribution in [3.63, 3.8) is 0 Å². The summed E-state index contributed by atoms with van der Waals surface area (Å²) in [5.74, 6) is 1.46. The van der Waals surface area contributed by atoms with Gasteiger partial charge in [0.1, 0.15) is 24.7 Å². The predicted molar refractivity (Wildman–Crippen MR) is 197 cm³/mol. The molecule has 6 N–H and O–H groups in total. The van der Waals surface area contributed by atoms with E-state index in [1.54, 1.807) is 13.8 Å². The fourth-order valence-corrected chi connectivity index (χ4v) is 6.15. The van der Waals surface area contributed by atoms with Crippen LogP contribution in [0.2, 0.25) is 0 Å². The Hall–Kier alpha value is -2.80. The van der Waals surface area contributed by atoms with Crippen molar-refractivity contribution < 1.29 is 29.9 Å². The molecule has 0 amide bonds. The third-order valence-electron chi connectivity index (χ3n) is 8.78. The Bertz CT molecular complexity index is 1550. The molecule has 8 nitrogen and oxygen atoms in total. The molecule has 4 aromatic carbocycles. The second kappa shape index (κ2) is 17.2. The van der Waals surface area contributed by atoms with Gasteiger partial charge < -0.3 is 40.5 Å². The van der Waals surface area contributed by atoms with Gasteiger partial charge in [0, 0.05) is 13.1 Å². The summed E-state index contributed by atoms with van der Waals surface area (Å²) in [6.45, 7) is 8.97. The first-order valence-electron chi connectivity index (χ1n) is 15.9. The molecule has 0 aliphatic carbocycles. The summed E-state index contributed by atoms with van der Waals surface area (Å²) in [4.78, 5) is 0. The molecular formula is C38H46Br2N2O6. The maximum absolute atomic E-state index is 9.54. The van der Waals surface area contributed by atoms with Crippen LogP contribution in [0.4, 0.5) is 0 Å². The lowest BCUT2D eigenvalue weighted by Crippen LogP contribution is -2.48. The number of aliphatic hydroxyl groups excluding tert-OH is 4. The van der Waals surface area contributed by atoms with Crippen LogP contribution in [-0.2, 0) is 26.3 Å². The van der Waals surface area contributed by atoms with Crippen LogP contribution >= 0.6 is 31.9 Å². The van der Waals surface area contributed by atoms with Crippen LogP contribution in [0, 0.1) is 13.8 Å². The zero-order valence-electron chi connectivity index (χ0n) is 27.9. The Morgan fingerprint density at radius 3 is 1.29 bits per heavy atom. The Kier molecular flexibility index (Phi) is 13.6. The summed E-state index contributed by atoms with van der Waals surface area (Å²) in [5, 5.41) is 44.6. The van der Waals surface area contributed by atoms with Gasteiger partial charge in [-0.25, -0.2) is 0 Å². The Labute approximate surface area is 300 Å². The molecule has 4 aromatic rings. The monoisotopic (exact) mass is 784 g/mol. The summed E-state index contributed by atoms with van der Waals surface area (Å²) in [5.41, 5.74) is 7.26. The topological polar surface area (TPSA) is 123 Å². The van der Waals surface area contributed by atoms with E-state index in [9.17, 15) is 20.4 Å². The first-order valence-corrected chi connectivity index (χ1v) is 17.5. The van der Waals surface area contributed by atoms with Crippen LogP contribution in [-0.4, -0.2) is 57.9 Å². The quantitative estimate of drug-likeness (QED) is 0.0736. The number of aliphatic hydroxyl groups is 4. The highest BCUT2D eigenvalue weighted by Crippen LogP contribution is 2.33. The minimum atomic E-state index is -0.746. The smallest absolute Gasteiger partial charge is 0.134 e. The lowest BCUT2D eigenvalue weighted by molar-refractivity contribution is 0.103. The molecule has 0 unspecified atom stereocenters. The van der Waals surface area contributed by atoms with E-state index in [0.717, 1.165) is 65.0 Å². The number of ether oxygens (including phenoxy) is 2. The van der Waals surface area contributed by atoms with Gasteiger partial charge in [-0.15, -0.1) is 0 Å². The molecule has 0 aliphatic heterocycles. The minimum Gasteiger partial charge on any atom is -0.488 e. The first-order chi connectivity index (χ1) is 22.9. The van der Waals surface area contributed by atoms with Gasteiger partial charge in [-0.3, -0.25) is 0 Å². The van der Waals surface area contributed by atoms with Crippen molar-refractivity contribution in [2.45, 2.75) is 65.1 Å². The van der Waals surface area contributed by atoms with E-state index in [1.807, 2.05) is 36.4 Å². The molecule has 0 radical (unpaired) electrons. The molecule has 0 atom stereocenters. The zero-order valence-corrected chi connectivity index (χ0v) is 31.1. The van der Waals surface area contributed by atoms with Crippen LogP contribution in [0.3, 0.4) is 0 Å². The van der Waals surface area contributed by atoms with E-state index >= 15 is 0 Å². The number of hydrogen-bond acceptors (Lipinski definition) is 8. The summed E-state index contributed by atoms with van der Waals surface area (Å²) in [7, 11) is 0. The summed E-state index contributed by atoms with van der Waals surface area (Å²) >= 11 is 7.27. The maximum atomic E-state index is 9.54. The molecule has 0 aromatic heterocycles. The highest BCUT2D eigenvalue weighted by atomic mass is 79.9. The SMILES string of the molecule is Cc1c(COc2ccc(CNC(C)(CO)CO)cc2Br)cccc1-c1cccc(COc2ccc(CNC(C)(CO)CO)cc2Br)c1C. The van der Waals surface area contributed by atoms with Gasteiger partial charge in [0.15, 0.2) is 0 Å². The van der Waals surface area contributed by atoms with E-state index in [0.29, 0.717) is 26.3 Å². The minimum absolute atomic E-state index is 0.159. The zero-order chi connectivity index (χ0) is 34.9. The number of nitrogens with one attached hydrogen (secondary N) is 2. The highest BCUT2D eigenvalue weighted by molar-refractivity contribution is 9.10. The van der Waals surface area contributed by atoms with Crippen LogP contribution in [0.1, 0.15) is 47.2 Å². The third-order valence-corrected chi connectivity index (χ3v) is 10.0. The second-order valence-electron chi connectivity index (χ2n) is 12.7. The molecule has 0 aliphatic rings. The number of rotatable bonds is 17. The Morgan fingerprint density at radius 2 is 0.958 bits per heavy atom. The summed E-state index contributed by atoms with van der Waals surface area (Å²) in [6.07, 6.45) is 0. The van der Waals surface area contributed by atoms with Gasteiger partial charge in [-0.05, 0) is 128 Å². The van der Waals surface area contributed by atoms with E-state index in [4.69, 9.17) is 9.47 Å². The van der Waals surface area contributed by atoms with E-state index in [2.05, 4.69) is 92.7 Å². The molecule has 0 fully saturated rings. The lowest BCUT2D eigenvalue weighted by Gasteiger charge is -2.26. The average molecular weight is 787 g/mol. The van der Waals surface area contributed by atoms with Crippen molar-refractivity contribution >= 4 is 31.9 Å². The second-order valence-corrected chi connectivity index (χ2v) is 14.5. The standard InChI is InChI=1S/C38H46Br2N2O6/c1-25-29(19-47-35-13-11-27(15-33(35)39)17-41-37(3,21-43)22-44)7-5-9-31(25)32-10-6-8-30(26(32)2)20-48-36-14-12-28(16-34(36)40)18-42-38(4,23-45)24-46/h5-16,41-46H,17-24H2,1-4H3. The maximum Gasteiger partial charge on any atom is 0.134 e. The number of benzene rings is 4. The molecule has 0 bridgehead atoms. The number of halogens is 2. The molecule has 258 valence electrons. The van der Waals surface area contributed by atoms with E-state index in [1.165, 1.54) is 0 Å². The number of hydrogen-bond donors (Lipinski definition) is 6. The fourth-order valence-electron chi connectivity index (χ4n) is 5.07. The van der Waals surface area contributed by atoms with Crippen molar-refractivity contribution in [2.24, 2.45) is 0 Å². The molecule has 10 heteroatoms. The van der Waals surface area contributed by atoms with Crippen molar-refractivity contribution in [3.8, 4) is 22.6 Å². The molecule has 0 spiro atoms. The molecule has 4 rings (SSSR count). The molecule has 48 heavy (non-hydrogen) atoms. The van der Waals surface area contributed by atoms with E-state index in [-0.39, 0.29) is 26.4 Å². The normalized spacial score (nSPS) is 12.0. The summed E-state index contributed by atoms with van der Waals surface area (Å²) < 4.78 is 14.2. The van der Waals surface area contributed by atoms with Crippen molar-refractivity contribution in [1.82, 2.24) is 10.6 Å². The predicted octanol–water partition coefficient (Wildman–Crippen LogP) is 6.32. The first kappa shape index (κ1) is 38.0. The largest absolute Gasteiger partial charge is 0.488 e. The molecule has 0 saturated carbocycles. The van der Waals surface area contributed by atoms with Gasteiger partial charge in [0.25, 0.3) is 0 Å². The molecular weight excluding hydrogens is 740 g/mol. The van der Waals surface area contributed by atoms with Crippen LogP contribution < -0.4 is 20.1 Å². The van der Waals surface area contributed by atoms with Crippen LogP contribution in [0.25, 0.3) is 11.1 Å². The van der Waals surface area contributed by atoms with Gasteiger partial charge >= 0.3 is 0 Å². The van der Waals surface area contributed by atoms with Crippen LogP contribution in [0.15, 0.2) is 81.7 Å². The Balaban J connectivity index is 1.42.